The molecule has 0 unspecified atom stereocenters. The third-order valence-electron chi connectivity index (χ3n) is 4.71. The van der Waals surface area contributed by atoms with Gasteiger partial charge in [-0.1, -0.05) is 60.0 Å². The Bertz CT molecular complexity index is 803. The summed E-state index contributed by atoms with van der Waals surface area (Å²) in [4.78, 5) is 5.38. The summed E-state index contributed by atoms with van der Waals surface area (Å²) in [6.45, 7) is 7.30. The fourth-order valence-electron chi connectivity index (χ4n) is 3.05. The van der Waals surface area contributed by atoms with Crippen LogP contribution < -0.4 is 4.74 Å². The van der Waals surface area contributed by atoms with Gasteiger partial charge in [0.25, 0.3) is 0 Å². The number of thiocarbonyl (C=S) groups is 1. The lowest BCUT2D eigenvalue weighted by Crippen LogP contribution is -2.48. The zero-order chi connectivity index (χ0) is 19.4. The average Bonchev–Trinajstić information content (AvgIpc) is 2.68. The van der Waals surface area contributed by atoms with Gasteiger partial charge in [-0.3, -0.25) is 0 Å². The number of piperazine rings is 1. The number of rotatable bonds is 5. The Balaban J connectivity index is 1.78. The van der Waals surface area contributed by atoms with E-state index in [1.165, 1.54) is 0 Å². The SMILES string of the molecule is CCN1CCN(C(=S)c2cc(Cl)ccc2OCc2c(Cl)cccc2Cl)CC1. The van der Waals surface area contributed by atoms with Gasteiger partial charge in [-0.15, -0.1) is 0 Å². The molecule has 1 saturated heterocycles. The summed E-state index contributed by atoms with van der Waals surface area (Å²) in [7, 11) is 0. The van der Waals surface area contributed by atoms with Crippen molar-refractivity contribution in [1.29, 1.82) is 0 Å². The van der Waals surface area contributed by atoms with Crippen molar-refractivity contribution in [1.82, 2.24) is 9.80 Å². The fourth-order valence-corrected chi connectivity index (χ4v) is 4.07. The third-order valence-corrected chi connectivity index (χ3v) is 6.13. The van der Waals surface area contributed by atoms with E-state index in [-0.39, 0.29) is 6.61 Å². The molecule has 0 aliphatic carbocycles. The van der Waals surface area contributed by atoms with Gasteiger partial charge in [-0.25, -0.2) is 0 Å². The van der Waals surface area contributed by atoms with Gasteiger partial charge in [0.05, 0.1) is 5.56 Å². The van der Waals surface area contributed by atoms with Gasteiger partial charge in [-0.05, 0) is 36.9 Å². The highest BCUT2D eigenvalue weighted by atomic mass is 35.5. The van der Waals surface area contributed by atoms with Gasteiger partial charge >= 0.3 is 0 Å². The lowest BCUT2D eigenvalue weighted by Gasteiger charge is -2.36. The van der Waals surface area contributed by atoms with Crippen LogP contribution in [0, 0.1) is 0 Å². The van der Waals surface area contributed by atoms with E-state index in [1.54, 1.807) is 18.2 Å². The van der Waals surface area contributed by atoms with Crippen molar-refractivity contribution >= 4 is 52.0 Å². The van der Waals surface area contributed by atoms with Crippen molar-refractivity contribution in [3.63, 3.8) is 0 Å². The van der Waals surface area contributed by atoms with Crippen LogP contribution in [0.1, 0.15) is 18.1 Å². The minimum absolute atomic E-state index is 0.263. The highest BCUT2D eigenvalue weighted by Gasteiger charge is 2.21. The lowest BCUT2D eigenvalue weighted by atomic mass is 10.1. The Morgan fingerprint density at radius 3 is 2.33 bits per heavy atom. The highest BCUT2D eigenvalue weighted by molar-refractivity contribution is 7.80. The van der Waals surface area contributed by atoms with Crippen LogP contribution in [0.2, 0.25) is 15.1 Å². The molecule has 0 saturated carbocycles. The maximum atomic E-state index is 6.25. The molecule has 0 bridgehead atoms. The van der Waals surface area contributed by atoms with Gasteiger partial charge in [0.15, 0.2) is 0 Å². The zero-order valence-electron chi connectivity index (χ0n) is 15.1. The number of benzene rings is 2. The van der Waals surface area contributed by atoms with E-state index in [0.29, 0.717) is 20.8 Å². The molecule has 0 atom stereocenters. The van der Waals surface area contributed by atoms with Crippen LogP contribution in [0.3, 0.4) is 0 Å². The first-order valence-electron chi connectivity index (χ1n) is 8.86. The van der Waals surface area contributed by atoms with E-state index >= 15 is 0 Å². The minimum Gasteiger partial charge on any atom is -0.488 e. The Kier molecular flexibility index (Phi) is 7.23. The second-order valence-corrected chi connectivity index (χ2v) is 7.99. The molecule has 1 fully saturated rings. The molecule has 1 aliphatic heterocycles. The second kappa shape index (κ2) is 9.44. The maximum absolute atomic E-state index is 6.25. The van der Waals surface area contributed by atoms with Crippen LogP contribution in [0.15, 0.2) is 36.4 Å². The summed E-state index contributed by atoms with van der Waals surface area (Å²) in [6.07, 6.45) is 0. The molecule has 144 valence electrons. The van der Waals surface area contributed by atoms with Crippen LogP contribution in [0.5, 0.6) is 5.75 Å². The first kappa shape index (κ1) is 20.7. The Hall–Kier alpha value is -1.04. The first-order valence-corrected chi connectivity index (χ1v) is 10.4. The first-order chi connectivity index (χ1) is 13.0. The molecule has 0 N–H and O–H groups in total. The van der Waals surface area contributed by atoms with E-state index in [0.717, 1.165) is 48.8 Å². The van der Waals surface area contributed by atoms with E-state index in [9.17, 15) is 0 Å². The number of hydrogen-bond donors (Lipinski definition) is 0. The van der Waals surface area contributed by atoms with Crippen LogP contribution in [-0.2, 0) is 6.61 Å². The van der Waals surface area contributed by atoms with Crippen molar-refractivity contribution in [3.8, 4) is 5.75 Å². The lowest BCUT2D eigenvalue weighted by molar-refractivity contribution is 0.191. The zero-order valence-corrected chi connectivity index (χ0v) is 18.1. The van der Waals surface area contributed by atoms with Crippen LogP contribution in [0.25, 0.3) is 0 Å². The molecule has 27 heavy (non-hydrogen) atoms. The molecule has 3 rings (SSSR count). The number of likely N-dealkylation sites (N-methyl/N-ethyl adjacent to an activating group) is 1. The van der Waals surface area contributed by atoms with Gasteiger partial charge in [0.2, 0.25) is 0 Å². The molecule has 0 amide bonds. The predicted molar refractivity (Wildman–Crippen MR) is 118 cm³/mol. The number of nitrogens with zero attached hydrogens (tertiary/aromatic N) is 2. The van der Waals surface area contributed by atoms with Crippen LogP contribution in [-0.4, -0.2) is 47.5 Å². The average molecular weight is 444 g/mol. The normalized spacial score (nSPS) is 15.0. The van der Waals surface area contributed by atoms with Crippen molar-refractivity contribution in [2.75, 3.05) is 32.7 Å². The van der Waals surface area contributed by atoms with E-state index in [1.807, 2.05) is 18.2 Å². The topological polar surface area (TPSA) is 15.7 Å². The predicted octanol–water partition coefficient (Wildman–Crippen LogP) is 5.54. The number of hydrogen-bond acceptors (Lipinski definition) is 3. The molecule has 0 aromatic heterocycles. The van der Waals surface area contributed by atoms with E-state index in [2.05, 4.69) is 16.7 Å². The highest BCUT2D eigenvalue weighted by Crippen LogP contribution is 2.29. The molecular formula is C20H21Cl3N2OS. The fraction of sp³-hybridized carbons (Fsp3) is 0.350. The standard InChI is InChI=1S/C20H21Cl3N2OS/c1-2-24-8-10-25(11-9-24)20(27)15-12-14(21)6-7-19(15)26-13-16-17(22)4-3-5-18(16)23/h3-7,12H,2,8-11,13H2,1H3. The largest absolute Gasteiger partial charge is 0.488 e. The van der Waals surface area contributed by atoms with Crippen molar-refractivity contribution in [2.24, 2.45) is 0 Å². The van der Waals surface area contributed by atoms with Crippen molar-refractivity contribution < 1.29 is 4.74 Å². The summed E-state index contributed by atoms with van der Waals surface area (Å²) in [6, 6.07) is 10.9. The summed E-state index contributed by atoms with van der Waals surface area (Å²) in [5.41, 5.74) is 1.58. The monoisotopic (exact) mass is 442 g/mol. The molecule has 7 heteroatoms. The van der Waals surface area contributed by atoms with Gasteiger partial charge in [-0.2, -0.15) is 0 Å². The van der Waals surface area contributed by atoms with Gasteiger partial charge in [0, 0.05) is 46.8 Å². The molecule has 0 radical (unpaired) electrons. The molecular weight excluding hydrogens is 423 g/mol. The molecule has 2 aromatic rings. The maximum Gasteiger partial charge on any atom is 0.130 e. The smallest absolute Gasteiger partial charge is 0.130 e. The quantitative estimate of drug-likeness (QED) is 0.564. The van der Waals surface area contributed by atoms with Crippen molar-refractivity contribution in [3.05, 3.63) is 62.6 Å². The number of halogens is 3. The molecule has 3 nitrogen and oxygen atoms in total. The van der Waals surface area contributed by atoms with Gasteiger partial charge < -0.3 is 14.5 Å². The summed E-state index contributed by atoms with van der Waals surface area (Å²) in [5, 5.41) is 1.79. The summed E-state index contributed by atoms with van der Waals surface area (Å²) < 4.78 is 6.04. The Morgan fingerprint density at radius 1 is 1.04 bits per heavy atom. The number of ether oxygens (including phenoxy) is 1. The van der Waals surface area contributed by atoms with Gasteiger partial charge in [0.1, 0.15) is 17.3 Å². The summed E-state index contributed by atoms with van der Waals surface area (Å²) in [5.74, 6) is 0.679. The van der Waals surface area contributed by atoms with Crippen molar-refractivity contribution in [2.45, 2.75) is 13.5 Å². The Labute approximate surface area is 180 Å². The third kappa shape index (κ3) is 5.07. The Morgan fingerprint density at radius 2 is 1.70 bits per heavy atom. The minimum atomic E-state index is 0.263. The molecule has 2 aromatic carbocycles. The summed E-state index contributed by atoms with van der Waals surface area (Å²) >= 11 is 24.5. The van der Waals surface area contributed by atoms with E-state index < -0.39 is 0 Å². The van der Waals surface area contributed by atoms with Crippen LogP contribution in [0.4, 0.5) is 0 Å². The van der Waals surface area contributed by atoms with Crippen LogP contribution >= 0.6 is 47.0 Å². The molecule has 1 heterocycles. The van der Waals surface area contributed by atoms with E-state index in [4.69, 9.17) is 51.8 Å². The second-order valence-electron chi connectivity index (χ2n) is 6.36. The molecule has 0 spiro atoms. The molecule has 1 aliphatic rings.